The van der Waals surface area contributed by atoms with Gasteiger partial charge in [0.2, 0.25) is 15.9 Å². The number of rotatable bonds is 3. The highest BCUT2D eigenvalue weighted by molar-refractivity contribution is 9.10. The quantitative estimate of drug-likeness (QED) is 0.566. The number of nitrogens with two attached hydrogens (primary N) is 1. The van der Waals surface area contributed by atoms with Gasteiger partial charge in [-0.15, -0.1) is 0 Å². The highest BCUT2D eigenvalue weighted by Gasteiger charge is 2.32. The van der Waals surface area contributed by atoms with E-state index >= 15 is 0 Å². The molecule has 8 nitrogen and oxygen atoms in total. The van der Waals surface area contributed by atoms with Crippen molar-refractivity contribution in [3.63, 3.8) is 0 Å². The SMILES string of the molecule is CN1CCCN(S(=O)(=O)c2cc(Br)cnc2NN)CC1=O. The minimum atomic E-state index is -3.86. The van der Waals surface area contributed by atoms with E-state index in [4.69, 9.17) is 5.84 Å². The number of amides is 1. The van der Waals surface area contributed by atoms with Crippen LogP contribution in [0.5, 0.6) is 0 Å². The Labute approximate surface area is 131 Å². The van der Waals surface area contributed by atoms with Gasteiger partial charge < -0.3 is 10.3 Å². The minimum absolute atomic E-state index is 0.0447. The molecule has 0 radical (unpaired) electrons. The third-order valence-electron chi connectivity index (χ3n) is 3.21. The first-order valence-electron chi connectivity index (χ1n) is 6.22. The fourth-order valence-corrected chi connectivity index (χ4v) is 4.07. The number of likely N-dealkylation sites (N-methyl/N-ethyl adjacent to an activating group) is 1. The summed E-state index contributed by atoms with van der Waals surface area (Å²) in [6, 6.07) is 1.41. The molecule has 2 heterocycles. The molecule has 1 aromatic rings. The number of carbonyl (C=O) groups is 1. The molecule has 1 saturated heterocycles. The molecule has 1 fully saturated rings. The van der Waals surface area contributed by atoms with Crippen molar-refractivity contribution in [2.24, 2.45) is 5.84 Å². The Morgan fingerprint density at radius 3 is 2.81 bits per heavy atom. The van der Waals surface area contributed by atoms with Gasteiger partial charge in [0, 0.05) is 30.8 Å². The monoisotopic (exact) mass is 377 g/mol. The van der Waals surface area contributed by atoms with Gasteiger partial charge in [0.1, 0.15) is 4.90 Å². The number of carbonyl (C=O) groups excluding carboxylic acids is 1. The molecular weight excluding hydrogens is 362 g/mol. The van der Waals surface area contributed by atoms with E-state index in [1.807, 2.05) is 0 Å². The zero-order valence-corrected chi connectivity index (χ0v) is 13.8. The summed E-state index contributed by atoms with van der Waals surface area (Å²) in [5.74, 6) is 5.13. The number of nitrogen functional groups attached to an aromatic ring is 1. The number of nitrogens with zero attached hydrogens (tertiary/aromatic N) is 3. The molecule has 0 bridgehead atoms. The highest BCUT2D eigenvalue weighted by atomic mass is 79.9. The third kappa shape index (κ3) is 3.34. The predicted octanol–water partition coefficient (Wildman–Crippen LogP) is -0.0175. The lowest BCUT2D eigenvalue weighted by molar-refractivity contribution is -0.129. The van der Waals surface area contributed by atoms with Crippen LogP contribution in [0.4, 0.5) is 5.82 Å². The number of halogens is 1. The molecule has 10 heteroatoms. The number of hydrogen-bond acceptors (Lipinski definition) is 6. The maximum atomic E-state index is 12.7. The predicted molar refractivity (Wildman–Crippen MR) is 80.8 cm³/mol. The number of sulfonamides is 1. The first kappa shape index (κ1) is 16.1. The van der Waals surface area contributed by atoms with Crippen LogP contribution >= 0.6 is 15.9 Å². The summed E-state index contributed by atoms with van der Waals surface area (Å²) in [6.45, 7) is 0.619. The van der Waals surface area contributed by atoms with Crippen molar-refractivity contribution in [2.45, 2.75) is 11.3 Å². The van der Waals surface area contributed by atoms with Gasteiger partial charge in [-0.05, 0) is 28.4 Å². The first-order chi connectivity index (χ1) is 9.86. The fraction of sp³-hybridized carbons (Fsp3) is 0.455. The fourth-order valence-electron chi connectivity index (χ4n) is 2.03. The molecule has 0 spiro atoms. The molecule has 0 aromatic carbocycles. The van der Waals surface area contributed by atoms with E-state index in [1.54, 1.807) is 7.05 Å². The summed E-state index contributed by atoms with van der Waals surface area (Å²) in [4.78, 5) is 17.3. The highest BCUT2D eigenvalue weighted by Crippen LogP contribution is 2.26. The van der Waals surface area contributed by atoms with Gasteiger partial charge in [-0.25, -0.2) is 19.2 Å². The van der Waals surface area contributed by atoms with Gasteiger partial charge in [0.15, 0.2) is 5.82 Å². The number of aromatic nitrogens is 1. The van der Waals surface area contributed by atoms with Crippen LogP contribution in [0.3, 0.4) is 0 Å². The van der Waals surface area contributed by atoms with Gasteiger partial charge in [0.05, 0.1) is 6.54 Å². The number of nitrogens with one attached hydrogen (secondary N) is 1. The van der Waals surface area contributed by atoms with Crippen molar-refractivity contribution >= 4 is 37.7 Å². The Morgan fingerprint density at radius 1 is 1.43 bits per heavy atom. The number of hydrogen-bond donors (Lipinski definition) is 2. The van der Waals surface area contributed by atoms with Crippen LogP contribution in [0.2, 0.25) is 0 Å². The summed E-state index contributed by atoms with van der Waals surface area (Å²) in [6.07, 6.45) is 2.02. The van der Waals surface area contributed by atoms with Crippen LogP contribution in [0.15, 0.2) is 21.6 Å². The number of anilines is 1. The van der Waals surface area contributed by atoms with Crippen LogP contribution < -0.4 is 11.3 Å². The average Bonchev–Trinajstić information content (AvgIpc) is 2.61. The topological polar surface area (TPSA) is 109 Å². The molecule has 0 aliphatic carbocycles. The van der Waals surface area contributed by atoms with Crippen LogP contribution in [-0.4, -0.2) is 55.2 Å². The zero-order valence-electron chi connectivity index (χ0n) is 11.4. The summed E-state index contributed by atoms with van der Waals surface area (Å²) < 4.78 is 27.1. The number of hydrazine groups is 1. The third-order valence-corrected chi connectivity index (χ3v) is 5.50. The van der Waals surface area contributed by atoms with E-state index in [9.17, 15) is 13.2 Å². The van der Waals surface area contributed by atoms with Crippen LogP contribution in [0.25, 0.3) is 0 Å². The van der Waals surface area contributed by atoms with Crippen molar-refractivity contribution < 1.29 is 13.2 Å². The molecule has 21 heavy (non-hydrogen) atoms. The van der Waals surface area contributed by atoms with E-state index < -0.39 is 10.0 Å². The second-order valence-electron chi connectivity index (χ2n) is 4.65. The van der Waals surface area contributed by atoms with Crippen molar-refractivity contribution in [1.82, 2.24) is 14.2 Å². The standard InChI is InChI=1S/C11H16BrN5O3S/c1-16-3-2-4-17(7-10(16)18)21(19,20)9-5-8(12)6-14-11(9)15-13/h5-6H,2-4,7,13H2,1H3,(H,14,15). The Bertz CT molecular complexity index is 651. The van der Waals surface area contributed by atoms with Crippen LogP contribution in [-0.2, 0) is 14.8 Å². The zero-order chi connectivity index (χ0) is 15.6. The molecule has 1 amide bonds. The van der Waals surface area contributed by atoms with Crippen molar-refractivity contribution in [3.8, 4) is 0 Å². The molecule has 0 saturated carbocycles. The maximum absolute atomic E-state index is 12.7. The van der Waals surface area contributed by atoms with E-state index in [0.29, 0.717) is 17.4 Å². The molecule has 1 aliphatic rings. The molecular formula is C11H16BrN5O3S. The van der Waals surface area contributed by atoms with E-state index in [2.05, 4.69) is 26.3 Å². The molecule has 116 valence electrons. The Balaban J connectivity index is 2.42. The molecule has 1 aromatic heterocycles. The second kappa shape index (κ2) is 6.26. The number of pyridine rings is 1. The summed E-state index contributed by atoms with van der Waals surface area (Å²) in [7, 11) is -2.20. The van der Waals surface area contributed by atoms with Crippen molar-refractivity contribution in [1.29, 1.82) is 0 Å². The van der Waals surface area contributed by atoms with Gasteiger partial charge in [-0.1, -0.05) is 0 Å². The summed E-state index contributed by atoms with van der Waals surface area (Å²) >= 11 is 3.19. The Morgan fingerprint density at radius 2 is 2.14 bits per heavy atom. The normalized spacial score (nSPS) is 17.7. The van der Waals surface area contributed by atoms with Crippen molar-refractivity contribution in [3.05, 3.63) is 16.7 Å². The van der Waals surface area contributed by atoms with Gasteiger partial charge in [-0.2, -0.15) is 4.31 Å². The van der Waals surface area contributed by atoms with Gasteiger partial charge in [0.25, 0.3) is 0 Å². The van der Waals surface area contributed by atoms with Gasteiger partial charge >= 0.3 is 0 Å². The van der Waals surface area contributed by atoms with Crippen molar-refractivity contribution in [2.75, 3.05) is 32.1 Å². The largest absolute Gasteiger partial charge is 0.345 e. The summed E-state index contributed by atoms with van der Waals surface area (Å²) in [5, 5.41) is 0. The lowest BCUT2D eigenvalue weighted by Gasteiger charge is -2.20. The molecule has 0 unspecified atom stereocenters. The second-order valence-corrected chi connectivity index (χ2v) is 7.47. The van der Waals surface area contributed by atoms with E-state index in [1.165, 1.54) is 17.2 Å². The lowest BCUT2D eigenvalue weighted by atomic mass is 10.4. The molecule has 1 aliphatic heterocycles. The Kier molecular flexibility index (Phi) is 4.81. The van der Waals surface area contributed by atoms with Crippen LogP contribution in [0.1, 0.15) is 6.42 Å². The maximum Gasteiger partial charge on any atom is 0.247 e. The lowest BCUT2D eigenvalue weighted by Crippen LogP contribution is -2.38. The molecule has 2 rings (SSSR count). The van der Waals surface area contributed by atoms with E-state index in [-0.39, 0.29) is 29.7 Å². The minimum Gasteiger partial charge on any atom is -0.345 e. The van der Waals surface area contributed by atoms with Gasteiger partial charge in [-0.3, -0.25) is 4.79 Å². The average molecular weight is 378 g/mol. The summed E-state index contributed by atoms with van der Waals surface area (Å²) in [5.41, 5.74) is 2.27. The first-order valence-corrected chi connectivity index (χ1v) is 8.46. The smallest absolute Gasteiger partial charge is 0.247 e. The molecule has 3 N–H and O–H groups in total. The Hall–Kier alpha value is -1.23. The van der Waals surface area contributed by atoms with E-state index in [0.717, 1.165) is 4.31 Å². The molecule has 0 atom stereocenters. The van der Waals surface area contributed by atoms with Crippen LogP contribution in [0, 0.1) is 0 Å².